The van der Waals surface area contributed by atoms with Gasteiger partial charge >= 0.3 is 0 Å². The Kier molecular flexibility index (Phi) is 7.14. The summed E-state index contributed by atoms with van der Waals surface area (Å²) in [7, 11) is 3.53. The van der Waals surface area contributed by atoms with Gasteiger partial charge in [-0.05, 0) is 54.1 Å². The number of hydrogen-bond acceptors (Lipinski definition) is 6. The Labute approximate surface area is 215 Å². The number of likely N-dealkylation sites (N-methyl/N-ethyl adjacent to an activating group) is 1. The summed E-state index contributed by atoms with van der Waals surface area (Å²) >= 11 is 0. The van der Waals surface area contributed by atoms with Crippen LogP contribution in [-0.2, 0) is 13.1 Å². The van der Waals surface area contributed by atoms with Gasteiger partial charge in [-0.25, -0.2) is 9.37 Å². The highest BCUT2D eigenvalue weighted by Gasteiger charge is 2.34. The largest absolute Gasteiger partial charge is 0.497 e. The predicted molar refractivity (Wildman–Crippen MR) is 139 cm³/mol. The van der Waals surface area contributed by atoms with Crippen molar-refractivity contribution in [2.45, 2.75) is 19.1 Å². The summed E-state index contributed by atoms with van der Waals surface area (Å²) in [4.78, 5) is 20.0. The van der Waals surface area contributed by atoms with Crippen LogP contribution in [0, 0.1) is 5.82 Å². The van der Waals surface area contributed by atoms with E-state index in [-0.39, 0.29) is 12.4 Å². The first-order valence-electron chi connectivity index (χ1n) is 12.2. The zero-order valence-corrected chi connectivity index (χ0v) is 20.8. The molecule has 5 rings (SSSR count). The third-order valence-corrected chi connectivity index (χ3v) is 6.72. The van der Waals surface area contributed by atoms with E-state index in [9.17, 15) is 9.90 Å². The predicted octanol–water partition coefficient (Wildman–Crippen LogP) is 4.14. The normalized spacial score (nSPS) is 15.2. The van der Waals surface area contributed by atoms with E-state index in [4.69, 9.17) is 4.74 Å². The van der Waals surface area contributed by atoms with Crippen molar-refractivity contribution in [1.29, 1.82) is 0 Å². The van der Waals surface area contributed by atoms with Crippen LogP contribution in [0.15, 0.2) is 73.1 Å². The molecular weight excluding hydrogens is 471 g/mol. The van der Waals surface area contributed by atoms with Crippen molar-refractivity contribution in [3.63, 3.8) is 0 Å². The number of Topliss-reactive ketones (excluding diaryl/α,β-unsaturated/α-hetero) is 1. The molecule has 7 nitrogen and oxygen atoms in total. The lowest BCUT2D eigenvalue weighted by molar-refractivity contribution is 0.0920. The van der Waals surface area contributed by atoms with Gasteiger partial charge in [0.15, 0.2) is 0 Å². The minimum Gasteiger partial charge on any atom is -0.497 e. The van der Waals surface area contributed by atoms with E-state index in [0.29, 0.717) is 42.3 Å². The topological polar surface area (TPSA) is 79.6 Å². The maximum Gasteiger partial charge on any atom is 0.203 e. The van der Waals surface area contributed by atoms with Crippen LogP contribution in [0.4, 0.5) is 4.39 Å². The lowest BCUT2D eigenvalue weighted by atomic mass is 9.92. The lowest BCUT2D eigenvalue weighted by Crippen LogP contribution is -2.36. The average Bonchev–Trinajstić information content (AvgIpc) is 3.35. The van der Waals surface area contributed by atoms with Gasteiger partial charge in [0, 0.05) is 30.9 Å². The molecular formula is C29H29FN4O3. The highest BCUT2D eigenvalue weighted by Crippen LogP contribution is 2.32. The molecule has 0 spiro atoms. The fraction of sp³-hybridized carbons (Fsp3) is 0.241. The van der Waals surface area contributed by atoms with E-state index in [1.807, 2.05) is 66.5 Å². The van der Waals surface area contributed by atoms with Crippen LogP contribution in [0.2, 0.25) is 0 Å². The van der Waals surface area contributed by atoms with E-state index < -0.39 is 11.9 Å². The number of methoxy groups -OCH3 is 1. The molecule has 8 heteroatoms. The summed E-state index contributed by atoms with van der Waals surface area (Å²) in [6.07, 6.45) is 1.62. The zero-order chi connectivity index (χ0) is 25.9. The van der Waals surface area contributed by atoms with Gasteiger partial charge in [-0.15, -0.1) is 0 Å². The van der Waals surface area contributed by atoms with Crippen molar-refractivity contribution in [1.82, 2.24) is 19.8 Å². The molecule has 0 aliphatic carbocycles. The van der Waals surface area contributed by atoms with Crippen molar-refractivity contribution < 1.29 is 19.0 Å². The molecule has 0 radical (unpaired) electrons. The molecule has 2 N–H and O–H groups in total. The number of imidazole rings is 1. The van der Waals surface area contributed by atoms with E-state index in [2.05, 4.69) is 10.3 Å². The van der Waals surface area contributed by atoms with Crippen LogP contribution in [-0.4, -0.2) is 52.6 Å². The van der Waals surface area contributed by atoms with Crippen molar-refractivity contribution >= 4 is 5.78 Å². The average molecular weight is 501 g/mol. The van der Waals surface area contributed by atoms with Gasteiger partial charge in [0.25, 0.3) is 0 Å². The number of halogens is 1. The molecule has 0 bridgehead atoms. The van der Waals surface area contributed by atoms with Crippen LogP contribution < -0.4 is 10.1 Å². The number of fused-ring (bicyclic) bond motifs is 1. The van der Waals surface area contributed by atoms with E-state index in [1.54, 1.807) is 24.1 Å². The monoisotopic (exact) mass is 500 g/mol. The first-order chi connectivity index (χ1) is 18.0. The molecule has 1 aliphatic rings. The number of aliphatic hydroxyl groups is 1. The lowest BCUT2D eigenvalue weighted by Gasteiger charge is -2.24. The summed E-state index contributed by atoms with van der Waals surface area (Å²) < 4.78 is 22.5. The van der Waals surface area contributed by atoms with Gasteiger partial charge in [-0.1, -0.05) is 36.4 Å². The van der Waals surface area contributed by atoms with E-state index in [1.165, 1.54) is 6.07 Å². The van der Waals surface area contributed by atoms with Gasteiger partial charge < -0.3 is 9.84 Å². The second kappa shape index (κ2) is 10.6. The first kappa shape index (κ1) is 24.8. The Morgan fingerprint density at radius 1 is 1.16 bits per heavy atom. The van der Waals surface area contributed by atoms with Crippen LogP contribution in [0.1, 0.15) is 33.4 Å². The second-order valence-corrected chi connectivity index (χ2v) is 9.14. The minimum absolute atomic E-state index is 0.0729. The molecule has 3 aromatic carbocycles. The summed E-state index contributed by atoms with van der Waals surface area (Å²) in [5.74, 6) is 0.0421. The number of aliphatic hydroxyl groups excluding tert-OH is 1. The fourth-order valence-corrected chi connectivity index (χ4v) is 4.80. The molecule has 190 valence electrons. The molecule has 0 amide bonds. The highest BCUT2D eigenvalue weighted by molar-refractivity contribution is 6.01. The van der Waals surface area contributed by atoms with Gasteiger partial charge in [0.1, 0.15) is 29.6 Å². The molecule has 0 fully saturated rings. The number of nitrogens with zero attached hydrogens (tertiary/aromatic N) is 3. The third kappa shape index (κ3) is 4.91. The van der Waals surface area contributed by atoms with Crippen LogP contribution in [0.3, 0.4) is 0 Å². The van der Waals surface area contributed by atoms with Crippen molar-refractivity contribution in [3.8, 4) is 22.6 Å². The number of nitrogens with one attached hydrogen (secondary N) is 1. The van der Waals surface area contributed by atoms with E-state index in [0.717, 1.165) is 22.4 Å². The standard InChI is InChI=1S/C29H29FN4O3/c1-33(13-14-35)17-20-5-3-4-6-23(20)19-7-12-24(25(30)15-19)27-29(36)28-26(16-31-27)32-18-34(28)21-8-10-22(37-2)11-9-21/h3-12,15,18,27,31,35H,13-14,16-17H2,1-2H3. The number of carbonyl (C=O) groups is 1. The number of rotatable bonds is 8. The molecule has 37 heavy (non-hydrogen) atoms. The third-order valence-electron chi connectivity index (χ3n) is 6.72. The smallest absolute Gasteiger partial charge is 0.203 e. The van der Waals surface area contributed by atoms with Crippen molar-refractivity contribution in [2.75, 3.05) is 27.3 Å². The number of carbonyl (C=O) groups excluding carboxylic acids is 1. The number of benzene rings is 3. The zero-order valence-electron chi connectivity index (χ0n) is 20.8. The maximum absolute atomic E-state index is 15.5. The Morgan fingerprint density at radius 3 is 2.68 bits per heavy atom. The molecule has 1 aliphatic heterocycles. The van der Waals surface area contributed by atoms with Crippen molar-refractivity contribution in [2.24, 2.45) is 0 Å². The van der Waals surface area contributed by atoms with Gasteiger partial charge in [-0.3, -0.25) is 19.6 Å². The van der Waals surface area contributed by atoms with Gasteiger partial charge in [0.05, 0.1) is 19.4 Å². The van der Waals surface area contributed by atoms with Gasteiger partial charge in [-0.2, -0.15) is 0 Å². The Hall–Kier alpha value is -3.85. The second-order valence-electron chi connectivity index (χ2n) is 9.14. The minimum atomic E-state index is -0.818. The number of ether oxygens (including phenoxy) is 1. The first-order valence-corrected chi connectivity index (χ1v) is 12.2. The van der Waals surface area contributed by atoms with Gasteiger partial charge in [0.2, 0.25) is 5.78 Å². The maximum atomic E-state index is 15.5. The Bertz CT molecular complexity index is 1420. The Balaban J connectivity index is 1.44. The van der Waals surface area contributed by atoms with E-state index >= 15 is 4.39 Å². The molecule has 1 atom stereocenters. The van der Waals surface area contributed by atoms with Crippen molar-refractivity contribution in [3.05, 3.63) is 101 Å². The molecule has 4 aromatic rings. The van der Waals surface area contributed by atoms with Crippen LogP contribution in [0.5, 0.6) is 5.75 Å². The molecule has 2 heterocycles. The van der Waals surface area contributed by atoms with Crippen LogP contribution in [0.25, 0.3) is 16.8 Å². The number of ketones is 1. The summed E-state index contributed by atoms with van der Waals surface area (Å²) in [5, 5.41) is 12.4. The quantitative estimate of drug-likeness (QED) is 0.379. The summed E-state index contributed by atoms with van der Waals surface area (Å²) in [6.45, 7) is 1.60. The SMILES string of the molecule is COc1ccc(-n2cnc3c2C(=O)C(c2ccc(-c4ccccc4CN(C)CCO)cc2F)NC3)cc1. The fourth-order valence-electron chi connectivity index (χ4n) is 4.80. The Morgan fingerprint density at radius 2 is 1.95 bits per heavy atom. The molecule has 1 aromatic heterocycles. The summed E-state index contributed by atoms with van der Waals surface area (Å²) in [6, 6.07) is 19.4. The molecule has 1 unspecified atom stereocenters. The number of aromatic nitrogens is 2. The molecule has 0 saturated heterocycles. The summed E-state index contributed by atoms with van der Waals surface area (Å²) in [5.41, 5.74) is 4.86. The molecule has 0 saturated carbocycles. The highest BCUT2D eigenvalue weighted by atomic mass is 19.1. The van der Waals surface area contributed by atoms with Crippen LogP contribution >= 0.6 is 0 Å². The number of hydrogen-bond donors (Lipinski definition) is 2.